The third-order valence-corrected chi connectivity index (χ3v) is 7.23. The Morgan fingerprint density at radius 1 is 1.18 bits per heavy atom. The molecule has 3 aromatic rings. The van der Waals surface area contributed by atoms with Gasteiger partial charge in [0.1, 0.15) is 11.7 Å². The molecule has 0 aliphatic carbocycles. The maximum Gasteiger partial charge on any atom is 0.422 e. The standard InChI is InChI=1S/C26H29ClN6O5/c1-2-17-7-8-20-21(15-17)30-24(29-20)31-23(36)26(22(35)28-16-18-5-3-4-6-19(18)27)9-11-32(12-10-26)33(13-14-34)25(37)38/h3-8,14-15H,2,9-13,16H2,1H3,(H,28,35)(H,37,38)(H2,29,30,31,36). The minimum atomic E-state index is -1.50. The molecular formula is C26H29ClN6O5. The van der Waals surface area contributed by atoms with Crippen molar-refractivity contribution in [3.63, 3.8) is 0 Å². The first kappa shape index (κ1) is 27.1. The van der Waals surface area contributed by atoms with Gasteiger partial charge in [0.25, 0.3) is 0 Å². The van der Waals surface area contributed by atoms with Gasteiger partial charge in [-0.2, -0.15) is 0 Å². The molecule has 4 N–H and O–H groups in total. The molecule has 2 heterocycles. The second kappa shape index (κ2) is 11.6. The van der Waals surface area contributed by atoms with Crippen molar-refractivity contribution in [2.45, 2.75) is 32.7 Å². The van der Waals surface area contributed by atoms with Crippen LogP contribution in [0.15, 0.2) is 42.5 Å². The van der Waals surface area contributed by atoms with Crippen LogP contribution in [0.5, 0.6) is 0 Å². The zero-order valence-electron chi connectivity index (χ0n) is 20.9. The number of carbonyl (C=O) groups excluding carboxylic acids is 3. The third-order valence-electron chi connectivity index (χ3n) is 6.86. The minimum Gasteiger partial charge on any atom is -0.464 e. The fourth-order valence-electron chi connectivity index (χ4n) is 4.60. The van der Waals surface area contributed by atoms with Gasteiger partial charge < -0.3 is 20.2 Å². The van der Waals surface area contributed by atoms with E-state index in [2.05, 4.69) is 20.6 Å². The van der Waals surface area contributed by atoms with Crippen LogP contribution < -0.4 is 10.6 Å². The molecule has 0 saturated carbocycles. The van der Waals surface area contributed by atoms with E-state index in [4.69, 9.17) is 11.6 Å². The number of H-pyrrole nitrogens is 1. The molecule has 4 rings (SSSR count). The van der Waals surface area contributed by atoms with Crippen molar-refractivity contribution >= 4 is 52.8 Å². The molecule has 1 aliphatic heterocycles. The Labute approximate surface area is 224 Å². The van der Waals surface area contributed by atoms with Gasteiger partial charge in [-0.15, -0.1) is 0 Å². The lowest BCUT2D eigenvalue weighted by molar-refractivity contribution is -0.148. The lowest BCUT2D eigenvalue weighted by atomic mass is 9.76. The number of aromatic nitrogens is 2. The average molecular weight is 541 g/mol. The zero-order valence-corrected chi connectivity index (χ0v) is 21.6. The predicted molar refractivity (Wildman–Crippen MR) is 141 cm³/mol. The number of hydrogen-bond donors (Lipinski definition) is 4. The van der Waals surface area contributed by atoms with Crippen molar-refractivity contribution in [2.75, 3.05) is 25.0 Å². The first-order chi connectivity index (χ1) is 18.3. The van der Waals surface area contributed by atoms with Crippen molar-refractivity contribution in [1.82, 2.24) is 25.3 Å². The van der Waals surface area contributed by atoms with E-state index in [-0.39, 0.29) is 45.0 Å². The van der Waals surface area contributed by atoms with Gasteiger partial charge in [-0.25, -0.2) is 19.8 Å². The minimum absolute atomic E-state index is 0.0238. The summed E-state index contributed by atoms with van der Waals surface area (Å²) in [6.45, 7) is 1.97. The molecule has 200 valence electrons. The number of aldehydes is 1. The summed E-state index contributed by atoms with van der Waals surface area (Å²) in [7, 11) is 0. The fourth-order valence-corrected chi connectivity index (χ4v) is 4.81. The quantitative estimate of drug-likeness (QED) is 0.240. The van der Waals surface area contributed by atoms with Crippen LogP contribution in [0.1, 0.15) is 30.9 Å². The molecule has 0 unspecified atom stereocenters. The Hall–Kier alpha value is -3.96. The number of nitrogens with one attached hydrogen (secondary N) is 3. The molecule has 0 bridgehead atoms. The van der Waals surface area contributed by atoms with E-state index in [9.17, 15) is 24.3 Å². The average Bonchev–Trinajstić information content (AvgIpc) is 3.32. The largest absolute Gasteiger partial charge is 0.464 e. The summed E-state index contributed by atoms with van der Waals surface area (Å²) in [6, 6.07) is 12.9. The van der Waals surface area contributed by atoms with E-state index >= 15 is 0 Å². The van der Waals surface area contributed by atoms with Crippen molar-refractivity contribution in [3.8, 4) is 0 Å². The number of anilines is 1. The van der Waals surface area contributed by atoms with Gasteiger partial charge in [0, 0.05) is 24.7 Å². The van der Waals surface area contributed by atoms with Crippen LogP contribution in [0.3, 0.4) is 0 Å². The molecule has 2 aromatic carbocycles. The monoisotopic (exact) mass is 540 g/mol. The highest BCUT2D eigenvalue weighted by Gasteiger charge is 2.49. The number of piperidine rings is 1. The highest BCUT2D eigenvalue weighted by Crippen LogP contribution is 2.34. The fraction of sp³-hybridized carbons (Fsp3) is 0.346. The van der Waals surface area contributed by atoms with Gasteiger partial charge in [-0.05, 0) is 48.6 Å². The van der Waals surface area contributed by atoms with Crippen molar-refractivity contribution in [1.29, 1.82) is 0 Å². The number of benzene rings is 2. The number of halogens is 1. The summed E-state index contributed by atoms with van der Waals surface area (Å²) in [5.41, 5.74) is 1.73. The van der Waals surface area contributed by atoms with Crippen molar-refractivity contribution in [3.05, 3.63) is 58.6 Å². The highest BCUT2D eigenvalue weighted by molar-refractivity contribution is 6.31. The van der Waals surface area contributed by atoms with E-state index in [1.165, 1.54) is 5.01 Å². The number of aryl methyl sites for hydroxylation is 1. The second-order valence-corrected chi connectivity index (χ2v) is 9.49. The third kappa shape index (κ3) is 5.63. The van der Waals surface area contributed by atoms with E-state index < -0.39 is 23.3 Å². The van der Waals surface area contributed by atoms with E-state index in [0.717, 1.165) is 22.5 Å². The molecule has 38 heavy (non-hydrogen) atoms. The van der Waals surface area contributed by atoms with Gasteiger partial charge in [0.2, 0.25) is 17.8 Å². The summed E-state index contributed by atoms with van der Waals surface area (Å²) in [6.07, 6.45) is 0.0926. The second-order valence-electron chi connectivity index (χ2n) is 9.09. The molecule has 1 fully saturated rings. The normalized spacial score (nSPS) is 15.1. The van der Waals surface area contributed by atoms with Gasteiger partial charge in [0.05, 0.1) is 17.6 Å². The Kier molecular flexibility index (Phi) is 8.28. The lowest BCUT2D eigenvalue weighted by Crippen LogP contribution is -2.58. The Morgan fingerprint density at radius 2 is 1.92 bits per heavy atom. The molecule has 1 aliphatic rings. The van der Waals surface area contributed by atoms with Crippen LogP contribution in [-0.2, 0) is 27.3 Å². The van der Waals surface area contributed by atoms with Crippen LogP contribution in [0.4, 0.5) is 10.7 Å². The molecule has 0 radical (unpaired) electrons. The number of aromatic amines is 1. The summed E-state index contributed by atoms with van der Waals surface area (Å²) >= 11 is 6.23. The number of carbonyl (C=O) groups is 4. The number of imidazole rings is 1. The van der Waals surface area contributed by atoms with Gasteiger partial charge in [-0.3, -0.25) is 14.9 Å². The van der Waals surface area contributed by atoms with Crippen LogP contribution in [-0.4, -0.2) is 68.9 Å². The number of amides is 3. The SMILES string of the molecule is CCc1ccc2[nH]c(NC(=O)C3(C(=O)NCc4ccccc4Cl)CCN(N(CC=O)C(=O)O)CC3)nc2c1. The maximum absolute atomic E-state index is 13.7. The number of nitrogens with zero attached hydrogens (tertiary/aromatic N) is 3. The Balaban J connectivity index is 1.57. The topological polar surface area (TPSA) is 148 Å². The van der Waals surface area contributed by atoms with Gasteiger partial charge >= 0.3 is 6.09 Å². The van der Waals surface area contributed by atoms with Crippen LogP contribution in [0.25, 0.3) is 11.0 Å². The number of fused-ring (bicyclic) bond motifs is 1. The lowest BCUT2D eigenvalue weighted by Gasteiger charge is -2.42. The molecule has 1 aromatic heterocycles. The van der Waals surface area contributed by atoms with Crippen molar-refractivity contribution < 1.29 is 24.3 Å². The van der Waals surface area contributed by atoms with Crippen LogP contribution >= 0.6 is 11.6 Å². The van der Waals surface area contributed by atoms with Crippen LogP contribution in [0, 0.1) is 5.41 Å². The molecule has 1 saturated heterocycles. The first-order valence-corrected chi connectivity index (χ1v) is 12.7. The first-order valence-electron chi connectivity index (χ1n) is 12.3. The number of rotatable bonds is 9. The zero-order chi connectivity index (χ0) is 27.3. The Bertz CT molecular complexity index is 1350. The smallest absolute Gasteiger partial charge is 0.422 e. The molecule has 12 heteroatoms. The Morgan fingerprint density at radius 3 is 2.58 bits per heavy atom. The van der Waals surface area contributed by atoms with Crippen LogP contribution in [0.2, 0.25) is 5.02 Å². The maximum atomic E-state index is 13.7. The van der Waals surface area contributed by atoms with E-state index in [0.29, 0.717) is 22.4 Å². The number of carboxylic acid groups (broad SMARTS) is 1. The highest BCUT2D eigenvalue weighted by atomic mass is 35.5. The molecule has 0 spiro atoms. The van der Waals surface area contributed by atoms with Crippen molar-refractivity contribution in [2.24, 2.45) is 5.41 Å². The summed E-state index contributed by atoms with van der Waals surface area (Å²) in [5.74, 6) is -0.843. The number of hydrazine groups is 1. The van der Waals surface area contributed by atoms with Gasteiger partial charge in [-0.1, -0.05) is 42.8 Å². The summed E-state index contributed by atoms with van der Waals surface area (Å²) in [4.78, 5) is 57.4. The van der Waals surface area contributed by atoms with E-state index in [1.54, 1.807) is 24.3 Å². The summed E-state index contributed by atoms with van der Waals surface area (Å²) < 4.78 is 0. The molecular weight excluding hydrogens is 512 g/mol. The van der Waals surface area contributed by atoms with E-state index in [1.807, 2.05) is 25.1 Å². The molecule has 3 amide bonds. The number of hydrogen-bond acceptors (Lipinski definition) is 6. The molecule has 11 nitrogen and oxygen atoms in total. The summed E-state index contributed by atoms with van der Waals surface area (Å²) in [5, 5.41) is 17.9. The predicted octanol–water partition coefficient (Wildman–Crippen LogP) is 3.21. The van der Waals surface area contributed by atoms with Gasteiger partial charge in [0.15, 0.2) is 0 Å². The molecule has 0 atom stereocenters.